The normalized spacial score (nSPS) is 30.1. The predicted molar refractivity (Wildman–Crippen MR) is 70.2 cm³/mol. The van der Waals surface area contributed by atoms with E-state index in [2.05, 4.69) is 0 Å². The molecule has 1 saturated heterocycles. The Balaban J connectivity index is 2.22. The summed E-state index contributed by atoms with van der Waals surface area (Å²) in [6.07, 6.45) is 1.16. The van der Waals surface area contributed by atoms with Crippen molar-refractivity contribution in [3.63, 3.8) is 0 Å². The van der Waals surface area contributed by atoms with Crippen molar-refractivity contribution >= 4 is 17.8 Å². The van der Waals surface area contributed by atoms with E-state index in [0.29, 0.717) is 19.3 Å². The number of carboxylic acid groups (broad SMARTS) is 1. The van der Waals surface area contributed by atoms with Gasteiger partial charge in [0, 0.05) is 18.9 Å². The second-order valence-corrected chi connectivity index (χ2v) is 6.59. The number of fused-ring (bicyclic) bond motifs is 1. The zero-order chi connectivity index (χ0) is 15.1. The molecule has 2 aliphatic rings. The van der Waals surface area contributed by atoms with Crippen molar-refractivity contribution in [1.29, 1.82) is 0 Å². The van der Waals surface area contributed by atoms with Gasteiger partial charge in [0.15, 0.2) is 0 Å². The number of carbonyl (C=O) groups is 3. The lowest BCUT2D eigenvalue weighted by Crippen LogP contribution is -2.49. The summed E-state index contributed by atoms with van der Waals surface area (Å²) in [7, 11) is 0. The van der Waals surface area contributed by atoms with E-state index >= 15 is 0 Å². The second kappa shape index (κ2) is 5.07. The Labute approximate surface area is 118 Å². The maximum atomic E-state index is 12.3. The van der Waals surface area contributed by atoms with Crippen molar-refractivity contribution in [2.24, 2.45) is 5.92 Å². The lowest BCUT2D eigenvalue weighted by Gasteiger charge is -2.33. The maximum absolute atomic E-state index is 12.3. The molecule has 2 rings (SSSR count). The van der Waals surface area contributed by atoms with E-state index in [4.69, 9.17) is 4.74 Å². The number of aliphatic carboxylic acids is 1. The van der Waals surface area contributed by atoms with Gasteiger partial charge in [-0.25, -0.2) is 9.59 Å². The Morgan fingerprint density at radius 1 is 1.35 bits per heavy atom. The molecular weight excluding hydrogens is 262 g/mol. The first-order valence-electron chi connectivity index (χ1n) is 6.95. The number of hydrogen-bond acceptors (Lipinski definition) is 4. The highest BCUT2D eigenvalue weighted by Gasteiger charge is 2.50. The Kier molecular flexibility index (Phi) is 3.75. The fraction of sp³-hybridized carbons (Fsp3) is 0.786. The molecule has 0 bridgehead atoms. The third kappa shape index (κ3) is 2.94. The van der Waals surface area contributed by atoms with Crippen LogP contribution in [0.2, 0.25) is 0 Å². The molecule has 1 heterocycles. The molecule has 1 aliphatic heterocycles. The first kappa shape index (κ1) is 14.8. The summed E-state index contributed by atoms with van der Waals surface area (Å²) < 4.78 is 5.30. The van der Waals surface area contributed by atoms with Crippen molar-refractivity contribution in [3.05, 3.63) is 0 Å². The summed E-state index contributed by atoms with van der Waals surface area (Å²) >= 11 is 0. The van der Waals surface area contributed by atoms with Gasteiger partial charge in [-0.2, -0.15) is 0 Å². The molecule has 3 atom stereocenters. The molecule has 2 fully saturated rings. The molecule has 0 aromatic heterocycles. The average Bonchev–Trinajstić information content (AvgIpc) is 2.65. The number of amides is 1. The van der Waals surface area contributed by atoms with Crippen molar-refractivity contribution in [1.82, 2.24) is 4.90 Å². The molecule has 0 unspecified atom stereocenters. The highest BCUT2D eigenvalue weighted by Crippen LogP contribution is 2.39. The van der Waals surface area contributed by atoms with Gasteiger partial charge in [-0.3, -0.25) is 9.69 Å². The van der Waals surface area contributed by atoms with Gasteiger partial charge < -0.3 is 9.84 Å². The van der Waals surface area contributed by atoms with Crippen molar-refractivity contribution in [2.75, 3.05) is 0 Å². The van der Waals surface area contributed by atoms with Crippen molar-refractivity contribution in [3.8, 4) is 0 Å². The van der Waals surface area contributed by atoms with Gasteiger partial charge in [0.05, 0.1) is 0 Å². The average molecular weight is 283 g/mol. The molecule has 1 N–H and O–H groups in total. The monoisotopic (exact) mass is 283 g/mol. The van der Waals surface area contributed by atoms with Crippen molar-refractivity contribution in [2.45, 2.75) is 64.1 Å². The van der Waals surface area contributed by atoms with E-state index in [1.807, 2.05) is 0 Å². The summed E-state index contributed by atoms with van der Waals surface area (Å²) in [6.45, 7) is 5.21. The van der Waals surface area contributed by atoms with Crippen LogP contribution in [-0.4, -0.2) is 45.5 Å². The third-order valence-corrected chi connectivity index (χ3v) is 3.88. The van der Waals surface area contributed by atoms with E-state index in [-0.39, 0.29) is 24.2 Å². The van der Waals surface area contributed by atoms with Gasteiger partial charge in [-0.05, 0) is 39.5 Å². The summed E-state index contributed by atoms with van der Waals surface area (Å²) in [4.78, 5) is 36.5. The standard InChI is InChI=1S/C14H21NO5/c1-14(2,3)20-13(19)15-10-7-9(16)5-4-8(10)6-11(15)12(17)18/h8,10-11H,4-7H2,1-3H3,(H,17,18)/t8-,10-,11-/m0/s1. The lowest BCUT2D eigenvalue weighted by atomic mass is 9.84. The molecule has 0 spiro atoms. The van der Waals surface area contributed by atoms with E-state index < -0.39 is 23.7 Å². The Hall–Kier alpha value is -1.59. The van der Waals surface area contributed by atoms with Crippen LogP contribution in [-0.2, 0) is 14.3 Å². The Morgan fingerprint density at radius 2 is 2.00 bits per heavy atom. The van der Waals surface area contributed by atoms with Gasteiger partial charge in [0.25, 0.3) is 0 Å². The van der Waals surface area contributed by atoms with Crippen LogP contribution in [0.25, 0.3) is 0 Å². The Morgan fingerprint density at radius 3 is 2.55 bits per heavy atom. The first-order chi connectivity index (χ1) is 9.19. The van der Waals surface area contributed by atoms with Crippen LogP contribution in [0.1, 0.15) is 46.5 Å². The zero-order valence-electron chi connectivity index (χ0n) is 12.1. The molecular formula is C14H21NO5. The van der Waals surface area contributed by atoms with Crippen LogP contribution in [0, 0.1) is 5.92 Å². The topological polar surface area (TPSA) is 83.9 Å². The maximum Gasteiger partial charge on any atom is 0.411 e. The molecule has 6 heteroatoms. The minimum Gasteiger partial charge on any atom is -0.480 e. The van der Waals surface area contributed by atoms with Crippen molar-refractivity contribution < 1.29 is 24.2 Å². The molecule has 0 radical (unpaired) electrons. The number of hydrogen-bond donors (Lipinski definition) is 1. The smallest absolute Gasteiger partial charge is 0.411 e. The fourth-order valence-electron chi connectivity index (χ4n) is 3.07. The largest absolute Gasteiger partial charge is 0.480 e. The first-order valence-corrected chi connectivity index (χ1v) is 6.95. The zero-order valence-corrected chi connectivity index (χ0v) is 12.1. The molecule has 0 aromatic carbocycles. The van der Waals surface area contributed by atoms with Crippen LogP contribution in [0.3, 0.4) is 0 Å². The van der Waals surface area contributed by atoms with Crippen LogP contribution in [0.5, 0.6) is 0 Å². The molecule has 1 aliphatic carbocycles. The second-order valence-electron chi connectivity index (χ2n) is 6.59. The van der Waals surface area contributed by atoms with Crippen LogP contribution < -0.4 is 0 Å². The molecule has 1 amide bonds. The predicted octanol–water partition coefficient (Wildman–Crippen LogP) is 1.82. The van der Waals surface area contributed by atoms with Gasteiger partial charge >= 0.3 is 12.1 Å². The van der Waals surface area contributed by atoms with E-state index in [1.54, 1.807) is 20.8 Å². The number of likely N-dealkylation sites (tertiary alicyclic amines) is 1. The van der Waals surface area contributed by atoms with Crippen LogP contribution >= 0.6 is 0 Å². The number of carbonyl (C=O) groups excluding carboxylic acids is 2. The number of rotatable bonds is 1. The number of nitrogens with zero attached hydrogens (tertiary/aromatic N) is 1. The minimum absolute atomic E-state index is 0.0846. The number of ether oxygens (including phenoxy) is 1. The minimum atomic E-state index is -1.03. The number of ketones is 1. The van der Waals surface area contributed by atoms with Gasteiger partial charge in [0.1, 0.15) is 17.4 Å². The number of Topliss-reactive ketones (excluding diaryl/α,β-unsaturated/α-hetero) is 1. The van der Waals surface area contributed by atoms with E-state index in [1.165, 1.54) is 4.90 Å². The summed E-state index contributed by atoms with van der Waals surface area (Å²) in [6, 6.07) is -1.21. The van der Waals surface area contributed by atoms with Crippen LogP contribution in [0.4, 0.5) is 4.79 Å². The molecule has 20 heavy (non-hydrogen) atoms. The molecule has 0 aromatic rings. The highest BCUT2D eigenvalue weighted by atomic mass is 16.6. The summed E-state index contributed by atoms with van der Waals surface area (Å²) in [5.41, 5.74) is -0.684. The quantitative estimate of drug-likeness (QED) is 0.793. The SMILES string of the molecule is CC(C)(C)OC(=O)N1[C@H](C(=O)O)C[C@@H]2CCC(=O)C[C@@H]21. The van der Waals surface area contributed by atoms with Gasteiger partial charge in [-0.1, -0.05) is 0 Å². The number of carboxylic acids is 1. The summed E-state index contributed by atoms with van der Waals surface area (Å²) in [5, 5.41) is 9.31. The summed E-state index contributed by atoms with van der Waals surface area (Å²) in [5.74, 6) is -0.857. The van der Waals surface area contributed by atoms with E-state index in [0.717, 1.165) is 0 Å². The molecule has 112 valence electrons. The fourth-order valence-corrected chi connectivity index (χ4v) is 3.07. The highest BCUT2D eigenvalue weighted by molar-refractivity contribution is 5.84. The van der Waals surface area contributed by atoms with Gasteiger partial charge in [-0.15, -0.1) is 0 Å². The Bertz CT molecular complexity index is 439. The van der Waals surface area contributed by atoms with Gasteiger partial charge in [0.2, 0.25) is 0 Å². The third-order valence-electron chi connectivity index (χ3n) is 3.88. The molecule has 1 saturated carbocycles. The molecule has 6 nitrogen and oxygen atoms in total. The van der Waals surface area contributed by atoms with Crippen LogP contribution in [0.15, 0.2) is 0 Å². The van der Waals surface area contributed by atoms with E-state index in [9.17, 15) is 19.5 Å². The lowest BCUT2D eigenvalue weighted by molar-refractivity contribution is -0.142.